The number of amides is 1. The summed E-state index contributed by atoms with van der Waals surface area (Å²) in [6.45, 7) is 11.2. The Hall–Kier alpha value is -1.73. The van der Waals surface area contributed by atoms with Gasteiger partial charge in [-0.15, -0.1) is 11.3 Å². The fourth-order valence-corrected chi connectivity index (χ4v) is 4.57. The molecule has 0 radical (unpaired) electrons. The van der Waals surface area contributed by atoms with Crippen LogP contribution in [0.3, 0.4) is 0 Å². The molecule has 1 amide bonds. The maximum atomic E-state index is 12.7. The fraction of sp³-hybridized carbons (Fsp3) is 0.524. The zero-order valence-electron chi connectivity index (χ0n) is 17.5. The average molecular weight is 423 g/mol. The lowest BCUT2D eigenvalue weighted by atomic mass is 9.95. The number of ether oxygens (including phenoxy) is 2. The topological polar surface area (TPSA) is 60.5 Å². The van der Waals surface area contributed by atoms with E-state index in [2.05, 4.69) is 24.1 Å². The number of hydrogen-bond donors (Lipinski definition) is 1. The molecule has 1 aromatic heterocycles. The molecule has 7 heteroatoms. The molecule has 0 aliphatic rings. The first-order chi connectivity index (χ1) is 13.4. The Balaban J connectivity index is 2.19. The predicted molar refractivity (Wildman–Crippen MR) is 117 cm³/mol. The molecule has 1 heterocycles. The minimum atomic E-state index is -0.101. The molecule has 28 heavy (non-hydrogen) atoms. The van der Waals surface area contributed by atoms with Crippen molar-refractivity contribution in [2.45, 2.75) is 51.4 Å². The van der Waals surface area contributed by atoms with Gasteiger partial charge in [-0.1, -0.05) is 31.7 Å². The fourth-order valence-electron chi connectivity index (χ4n) is 2.92. The third kappa shape index (κ3) is 5.88. The SMILES string of the molecule is CCOc1ccc(C(NC(=O)Cc2sc(SC)nc2C)C(C)C)cc1OCC. The number of rotatable bonds is 10. The van der Waals surface area contributed by atoms with E-state index in [1.165, 1.54) is 0 Å². The molecule has 2 aromatic rings. The lowest BCUT2D eigenvalue weighted by Gasteiger charge is -2.24. The smallest absolute Gasteiger partial charge is 0.225 e. The Labute approximate surface area is 176 Å². The molecule has 0 saturated heterocycles. The molecular weight excluding hydrogens is 392 g/mol. The molecule has 0 saturated carbocycles. The first-order valence-electron chi connectivity index (χ1n) is 9.58. The van der Waals surface area contributed by atoms with E-state index in [1.54, 1.807) is 23.1 Å². The van der Waals surface area contributed by atoms with Gasteiger partial charge in [-0.2, -0.15) is 0 Å². The number of thioether (sulfide) groups is 1. The van der Waals surface area contributed by atoms with Crippen molar-refractivity contribution >= 4 is 29.0 Å². The molecule has 1 atom stereocenters. The number of benzene rings is 1. The molecule has 2 rings (SSSR count). The van der Waals surface area contributed by atoms with Crippen LogP contribution in [0.15, 0.2) is 22.5 Å². The van der Waals surface area contributed by atoms with Crippen molar-refractivity contribution in [2.24, 2.45) is 5.92 Å². The van der Waals surface area contributed by atoms with Crippen LogP contribution >= 0.6 is 23.1 Å². The predicted octanol–water partition coefficient (Wildman–Crippen LogP) is 5.03. The van der Waals surface area contributed by atoms with Crippen LogP contribution in [0, 0.1) is 12.8 Å². The highest BCUT2D eigenvalue weighted by molar-refractivity contribution is 8.00. The zero-order valence-corrected chi connectivity index (χ0v) is 19.1. The monoisotopic (exact) mass is 422 g/mol. The minimum Gasteiger partial charge on any atom is -0.490 e. The molecule has 0 fully saturated rings. The Bertz CT molecular complexity index is 790. The molecule has 1 N–H and O–H groups in total. The zero-order chi connectivity index (χ0) is 20.7. The van der Waals surface area contributed by atoms with Crippen molar-refractivity contribution < 1.29 is 14.3 Å². The first kappa shape index (κ1) is 22.6. The van der Waals surface area contributed by atoms with Gasteiger partial charge in [0.05, 0.1) is 31.4 Å². The van der Waals surface area contributed by atoms with Gasteiger partial charge in [0, 0.05) is 4.88 Å². The minimum absolute atomic E-state index is 0.00458. The van der Waals surface area contributed by atoms with Crippen molar-refractivity contribution in [1.29, 1.82) is 0 Å². The summed E-state index contributed by atoms with van der Waals surface area (Å²) < 4.78 is 12.4. The van der Waals surface area contributed by atoms with Crippen LogP contribution in [0.2, 0.25) is 0 Å². The number of nitrogens with one attached hydrogen (secondary N) is 1. The first-order valence-corrected chi connectivity index (χ1v) is 11.6. The summed E-state index contributed by atoms with van der Waals surface area (Å²) >= 11 is 3.20. The van der Waals surface area contributed by atoms with Gasteiger partial charge in [0.15, 0.2) is 11.5 Å². The molecule has 0 bridgehead atoms. The van der Waals surface area contributed by atoms with Gasteiger partial charge in [-0.05, 0) is 50.6 Å². The summed E-state index contributed by atoms with van der Waals surface area (Å²) in [5.74, 6) is 1.68. The summed E-state index contributed by atoms with van der Waals surface area (Å²) in [6, 6.07) is 5.80. The summed E-state index contributed by atoms with van der Waals surface area (Å²) in [5.41, 5.74) is 1.95. The lowest BCUT2D eigenvalue weighted by molar-refractivity contribution is -0.121. The van der Waals surface area contributed by atoms with Crippen molar-refractivity contribution in [3.05, 3.63) is 34.3 Å². The highest BCUT2D eigenvalue weighted by Crippen LogP contribution is 2.33. The van der Waals surface area contributed by atoms with Crippen LogP contribution < -0.4 is 14.8 Å². The second-order valence-electron chi connectivity index (χ2n) is 6.73. The van der Waals surface area contributed by atoms with Gasteiger partial charge >= 0.3 is 0 Å². The van der Waals surface area contributed by atoms with Crippen LogP contribution in [0.25, 0.3) is 0 Å². The molecule has 0 aliphatic carbocycles. The van der Waals surface area contributed by atoms with E-state index >= 15 is 0 Å². The van der Waals surface area contributed by atoms with E-state index in [0.717, 1.165) is 26.2 Å². The van der Waals surface area contributed by atoms with Gasteiger partial charge in [0.25, 0.3) is 0 Å². The lowest BCUT2D eigenvalue weighted by Crippen LogP contribution is -2.32. The Morgan fingerprint density at radius 1 is 1.21 bits per heavy atom. The second kappa shape index (κ2) is 10.7. The molecule has 1 unspecified atom stereocenters. The van der Waals surface area contributed by atoms with Crippen molar-refractivity contribution in [3.8, 4) is 11.5 Å². The highest BCUT2D eigenvalue weighted by atomic mass is 32.2. The second-order valence-corrected chi connectivity index (χ2v) is 8.87. The quantitative estimate of drug-likeness (QED) is 0.544. The number of carbonyl (C=O) groups is 1. The average Bonchev–Trinajstić information content (AvgIpc) is 3.01. The number of nitrogens with zero attached hydrogens (tertiary/aromatic N) is 1. The Morgan fingerprint density at radius 2 is 1.89 bits per heavy atom. The van der Waals surface area contributed by atoms with E-state index < -0.39 is 0 Å². The van der Waals surface area contributed by atoms with E-state index in [9.17, 15) is 4.79 Å². The number of aromatic nitrogens is 1. The Morgan fingerprint density at radius 3 is 2.46 bits per heavy atom. The molecule has 0 aliphatic heterocycles. The number of thiazole rings is 1. The van der Waals surface area contributed by atoms with Crippen molar-refractivity contribution in [2.75, 3.05) is 19.5 Å². The highest BCUT2D eigenvalue weighted by Gasteiger charge is 2.21. The van der Waals surface area contributed by atoms with Crippen LogP contribution in [-0.2, 0) is 11.2 Å². The number of hydrogen-bond acceptors (Lipinski definition) is 6. The van der Waals surface area contributed by atoms with E-state index in [4.69, 9.17) is 9.47 Å². The summed E-state index contributed by atoms with van der Waals surface area (Å²) in [6.07, 6.45) is 2.35. The molecule has 5 nitrogen and oxygen atoms in total. The van der Waals surface area contributed by atoms with Gasteiger partial charge in [-0.25, -0.2) is 4.98 Å². The van der Waals surface area contributed by atoms with E-state index in [-0.39, 0.29) is 17.9 Å². The third-order valence-electron chi connectivity index (χ3n) is 4.28. The van der Waals surface area contributed by atoms with E-state index in [0.29, 0.717) is 25.4 Å². The Kier molecular flexibility index (Phi) is 8.63. The van der Waals surface area contributed by atoms with Gasteiger partial charge < -0.3 is 14.8 Å². The van der Waals surface area contributed by atoms with Gasteiger partial charge in [0.2, 0.25) is 5.91 Å². The number of carbonyl (C=O) groups excluding carboxylic acids is 1. The number of aryl methyl sites for hydroxylation is 1. The normalized spacial score (nSPS) is 12.1. The summed E-state index contributed by atoms with van der Waals surface area (Å²) in [4.78, 5) is 18.2. The third-order valence-corrected chi connectivity index (χ3v) is 6.42. The molecule has 1 aromatic carbocycles. The molecule has 0 spiro atoms. The maximum Gasteiger partial charge on any atom is 0.225 e. The van der Waals surface area contributed by atoms with Crippen LogP contribution in [0.5, 0.6) is 11.5 Å². The standard InChI is InChI=1S/C21H30N2O3S2/c1-7-25-16-10-9-15(11-17(16)26-8-2)20(13(3)4)23-19(24)12-18-14(5)22-21(27-6)28-18/h9-11,13,20H,7-8,12H2,1-6H3,(H,23,24). The van der Waals surface area contributed by atoms with Crippen molar-refractivity contribution in [3.63, 3.8) is 0 Å². The summed E-state index contributed by atoms with van der Waals surface area (Å²) in [7, 11) is 0. The van der Waals surface area contributed by atoms with Crippen molar-refractivity contribution in [1.82, 2.24) is 10.3 Å². The molecule has 154 valence electrons. The van der Waals surface area contributed by atoms with Crippen LogP contribution in [-0.4, -0.2) is 30.4 Å². The van der Waals surface area contributed by atoms with Crippen LogP contribution in [0.1, 0.15) is 49.9 Å². The summed E-state index contributed by atoms with van der Waals surface area (Å²) in [5, 5.41) is 3.19. The largest absolute Gasteiger partial charge is 0.490 e. The van der Waals surface area contributed by atoms with Gasteiger partial charge in [0.1, 0.15) is 4.34 Å². The van der Waals surface area contributed by atoms with Gasteiger partial charge in [-0.3, -0.25) is 4.79 Å². The maximum absolute atomic E-state index is 12.7. The molecular formula is C21H30N2O3S2. The van der Waals surface area contributed by atoms with E-state index in [1.807, 2.05) is 45.2 Å². The van der Waals surface area contributed by atoms with Crippen LogP contribution in [0.4, 0.5) is 0 Å².